The summed E-state index contributed by atoms with van der Waals surface area (Å²) in [6.07, 6.45) is 2.02. The molecule has 7 nitrogen and oxygen atoms in total. The lowest BCUT2D eigenvalue weighted by atomic mass is 10.2. The summed E-state index contributed by atoms with van der Waals surface area (Å²) >= 11 is 0. The van der Waals surface area contributed by atoms with Crippen molar-refractivity contribution in [2.45, 2.75) is 32.2 Å². The van der Waals surface area contributed by atoms with Crippen LogP contribution in [0.4, 0.5) is 4.79 Å². The lowest BCUT2D eigenvalue weighted by Gasteiger charge is -2.11. The minimum Gasteiger partial charge on any atom is -0.326 e. The summed E-state index contributed by atoms with van der Waals surface area (Å²) in [4.78, 5) is 26.9. The second kappa shape index (κ2) is 5.97. The Hall–Kier alpha value is -1.75. The average Bonchev–Trinajstić information content (AvgIpc) is 2.52. The number of azide groups is 1. The Morgan fingerprint density at radius 1 is 1.56 bits per heavy atom. The highest BCUT2D eigenvalue weighted by Crippen LogP contribution is 2.11. The third-order valence-electron chi connectivity index (χ3n) is 2.39. The van der Waals surface area contributed by atoms with Gasteiger partial charge in [0.05, 0.1) is 0 Å². The molecule has 0 bridgehead atoms. The first kappa shape index (κ1) is 12.3. The van der Waals surface area contributed by atoms with Gasteiger partial charge in [0.2, 0.25) is 0 Å². The number of urea groups is 1. The predicted molar refractivity (Wildman–Crippen MR) is 57.6 cm³/mol. The molecule has 0 saturated carbocycles. The molecule has 1 aliphatic rings. The summed E-state index contributed by atoms with van der Waals surface area (Å²) in [6, 6.07) is -0.721. The average molecular weight is 225 g/mol. The fraction of sp³-hybridized carbons (Fsp3) is 0.778. The molecular weight excluding hydrogens is 210 g/mol. The highest BCUT2D eigenvalue weighted by atomic mass is 16.2. The molecule has 1 unspecified atom stereocenters. The first-order valence-electron chi connectivity index (χ1n) is 5.33. The van der Waals surface area contributed by atoms with Gasteiger partial charge in [-0.25, -0.2) is 4.79 Å². The van der Waals surface area contributed by atoms with E-state index in [4.69, 9.17) is 5.53 Å². The Bertz CT molecular complexity index is 324. The maximum absolute atomic E-state index is 11.7. The van der Waals surface area contributed by atoms with Crippen molar-refractivity contribution in [3.63, 3.8) is 0 Å². The molecule has 0 spiro atoms. The van der Waals surface area contributed by atoms with E-state index < -0.39 is 0 Å². The van der Waals surface area contributed by atoms with E-state index in [2.05, 4.69) is 15.3 Å². The molecule has 7 heteroatoms. The molecule has 0 aromatic rings. The Kier molecular flexibility index (Phi) is 4.60. The van der Waals surface area contributed by atoms with Gasteiger partial charge in [0.1, 0.15) is 6.04 Å². The minimum absolute atomic E-state index is 0.173. The van der Waals surface area contributed by atoms with Crippen LogP contribution in [0.3, 0.4) is 0 Å². The summed E-state index contributed by atoms with van der Waals surface area (Å²) in [5.41, 5.74) is 8.07. The van der Waals surface area contributed by atoms with Gasteiger partial charge in [-0.3, -0.25) is 9.69 Å². The van der Waals surface area contributed by atoms with Gasteiger partial charge in [0.25, 0.3) is 5.91 Å². The number of nitrogens with zero attached hydrogens (tertiary/aromatic N) is 4. The number of hydrogen-bond donors (Lipinski definition) is 1. The van der Waals surface area contributed by atoms with Crippen molar-refractivity contribution in [1.29, 1.82) is 0 Å². The largest absolute Gasteiger partial charge is 0.326 e. The van der Waals surface area contributed by atoms with Crippen LogP contribution in [0, 0.1) is 0 Å². The summed E-state index contributed by atoms with van der Waals surface area (Å²) < 4.78 is 0. The Balaban J connectivity index is 2.44. The van der Waals surface area contributed by atoms with Crippen molar-refractivity contribution in [2.24, 2.45) is 5.11 Å². The molecule has 1 rings (SSSR count). The van der Waals surface area contributed by atoms with Crippen LogP contribution in [0.1, 0.15) is 26.2 Å². The Morgan fingerprint density at radius 2 is 2.31 bits per heavy atom. The van der Waals surface area contributed by atoms with E-state index in [9.17, 15) is 9.59 Å². The van der Waals surface area contributed by atoms with Gasteiger partial charge in [0, 0.05) is 18.0 Å². The van der Waals surface area contributed by atoms with E-state index in [1.165, 1.54) is 4.90 Å². The van der Waals surface area contributed by atoms with Crippen LogP contribution in [0.5, 0.6) is 0 Å². The molecule has 1 fully saturated rings. The van der Waals surface area contributed by atoms with Gasteiger partial charge >= 0.3 is 6.03 Å². The van der Waals surface area contributed by atoms with Gasteiger partial charge in [-0.2, -0.15) is 0 Å². The lowest BCUT2D eigenvalue weighted by Crippen LogP contribution is -2.32. The second-order valence-corrected chi connectivity index (χ2v) is 3.59. The normalized spacial score (nSPS) is 19.6. The van der Waals surface area contributed by atoms with Crippen LogP contribution in [-0.4, -0.2) is 36.0 Å². The zero-order valence-corrected chi connectivity index (χ0v) is 9.22. The van der Waals surface area contributed by atoms with E-state index in [-0.39, 0.29) is 18.0 Å². The summed E-state index contributed by atoms with van der Waals surface area (Å²) in [6.45, 7) is 2.57. The van der Waals surface area contributed by atoms with Crippen molar-refractivity contribution in [1.82, 2.24) is 10.2 Å². The molecule has 0 aliphatic carbocycles. The molecule has 1 atom stereocenters. The number of rotatable bonds is 6. The fourth-order valence-electron chi connectivity index (χ4n) is 1.62. The first-order chi connectivity index (χ1) is 7.70. The van der Waals surface area contributed by atoms with Crippen molar-refractivity contribution >= 4 is 11.9 Å². The quantitative estimate of drug-likeness (QED) is 0.243. The van der Waals surface area contributed by atoms with Gasteiger partial charge < -0.3 is 5.32 Å². The summed E-state index contributed by atoms with van der Waals surface area (Å²) in [5.74, 6) is -0.173. The molecule has 1 N–H and O–H groups in total. The number of nitrogens with one attached hydrogen (secondary N) is 1. The Labute approximate surface area is 93.4 Å². The number of carbonyl (C=O) groups is 2. The van der Waals surface area contributed by atoms with Crippen molar-refractivity contribution in [2.75, 3.05) is 13.1 Å². The Morgan fingerprint density at radius 3 is 2.94 bits per heavy atom. The zero-order valence-electron chi connectivity index (χ0n) is 9.22. The molecule has 0 radical (unpaired) electrons. The van der Waals surface area contributed by atoms with Crippen LogP contribution >= 0.6 is 0 Å². The minimum atomic E-state index is -0.378. The predicted octanol–water partition coefficient (Wildman–Crippen LogP) is 1.41. The van der Waals surface area contributed by atoms with Gasteiger partial charge in [-0.1, -0.05) is 18.5 Å². The zero-order chi connectivity index (χ0) is 12.0. The maximum Gasteiger partial charge on any atom is 0.324 e. The smallest absolute Gasteiger partial charge is 0.324 e. The summed E-state index contributed by atoms with van der Waals surface area (Å²) in [5, 5.41) is 5.98. The van der Waals surface area contributed by atoms with Crippen molar-refractivity contribution < 1.29 is 9.59 Å². The van der Waals surface area contributed by atoms with Crippen LogP contribution < -0.4 is 5.32 Å². The molecule has 1 saturated heterocycles. The SMILES string of the molecule is CCCC1NC(=O)N(CCCN=[N+]=[N-])C1=O. The van der Waals surface area contributed by atoms with Gasteiger partial charge in [-0.05, 0) is 18.4 Å². The third kappa shape index (κ3) is 2.87. The highest BCUT2D eigenvalue weighted by Gasteiger charge is 2.36. The molecule has 88 valence electrons. The van der Waals surface area contributed by atoms with Crippen LogP contribution in [0.15, 0.2) is 5.11 Å². The van der Waals surface area contributed by atoms with E-state index >= 15 is 0 Å². The van der Waals surface area contributed by atoms with Crippen molar-refractivity contribution in [3.8, 4) is 0 Å². The fourth-order valence-corrected chi connectivity index (χ4v) is 1.62. The number of hydrogen-bond acceptors (Lipinski definition) is 3. The molecule has 0 aromatic heterocycles. The molecule has 1 aliphatic heterocycles. The third-order valence-corrected chi connectivity index (χ3v) is 2.39. The summed E-state index contributed by atoms with van der Waals surface area (Å²) in [7, 11) is 0. The van der Waals surface area contributed by atoms with Gasteiger partial charge in [0.15, 0.2) is 0 Å². The highest BCUT2D eigenvalue weighted by molar-refractivity contribution is 6.04. The van der Waals surface area contributed by atoms with Crippen LogP contribution in [0.2, 0.25) is 0 Å². The molecule has 16 heavy (non-hydrogen) atoms. The van der Waals surface area contributed by atoms with Crippen LogP contribution in [-0.2, 0) is 4.79 Å². The first-order valence-corrected chi connectivity index (χ1v) is 5.33. The molecule has 0 aromatic carbocycles. The molecular formula is C9H15N5O2. The number of imide groups is 1. The number of carbonyl (C=O) groups excluding carboxylic acids is 2. The second-order valence-electron chi connectivity index (χ2n) is 3.59. The van der Waals surface area contributed by atoms with Gasteiger partial charge in [-0.15, -0.1) is 0 Å². The van der Waals surface area contributed by atoms with Crippen molar-refractivity contribution in [3.05, 3.63) is 10.4 Å². The lowest BCUT2D eigenvalue weighted by molar-refractivity contribution is -0.127. The van der Waals surface area contributed by atoms with E-state index in [1.807, 2.05) is 6.92 Å². The van der Waals surface area contributed by atoms with Crippen LogP contribution in [0.25, 0.3) is 10.4 Å². The standard InChI is InChI=1S/C9H15N5O2/c1-2-4-7-8(15)14(9(16)12-7)6-3-5-11-13-10/h7H,2-6H2,1H3,(H,12,16). The van der Waals surface area contributed by atoms with E-state index in [0.717, 1.165) is 6.42 Å². The topological polar surface area (TPSA) is 98.2 Å². The maximum atomic E-state index is 11.7. The molecule has 3 amide bonds. The molecule has 1 heterocycles. The van der Waals surface area contributed by atoms with E-state index in [1.54, 1.807) is 0 Å². The monoisotopic (exact) mass is 225 g/mol. The number of amides is 3. The van der Waals surface area contributed by atoms with E-state index in [0.29, 0.717) is 25.9 Å².